The summed E-state index contributed by atoms with van der Waals surface area (Å²) in [6.45, 7) is 6.22. The number of rotatable bonds is 12. The minimum atomic E-state index is -3.49. The van der Waals surface area contributed by atoms with Crippen molar-refractivity contribution < 1.29 is 18.9 Å². The Balaban J connectivity index is 2.13. The minimum absolute atomic E-state index is 0.102. The van der Waals surface area contributed by atoms with Crippen LogP contribution in [0.4, 0.5) is 0 Å². The molecule has 3 aromatic carbocycles. The van der Waals surface area contributed by atoms with Crippen LogP contribution in [0.25, 0.3) is 0 Å². The Morgan fingerprint density at radius 3 is 1.74 bits per heavy atom. The van der Waals surface area contributed by atoms with Gasteiger partial charge in [0.2, 0.25) is 0 Å². The molecule has 3 rings (SSSR count). The van der Waals surface area contributed by atoms with E-state index in [0.717, 1.165) is 29.9 Å². The topological polar surface area (TPSA) is 55.8 Å². The molecule has 0 heterocycles. The van der Waals surface area contributed by atoms with Gasteiger partial charge in [-0.05, 0) is 0 Å². The molecule has 0 aliphatic heterocycles. The number of carbonyl (C=O) groups is 1. The van der Waals surface area contributed by atoms with Gasteiger partial charge in [0.1, 0.15) is 0 Å². The Morgan fingerprint density at radius 1 is 0.794 bits per heavy atom. The van der Waals surface area contributed by atoms with Gasteiger partial charge in [0.05, 0.1) is 0 Å². The predicted molar refractivity (Wildman–Crippen MR) is 142 cm³/mol. The summed E-state index contributed by atoms with van der Waals surface area (Å²) in [4.78, 5) is 13.4. The van der Waals surface area contributed by atoms with E-state index in [0.29, 0.717) is 12.0 Å². The van der Waals surface area contributed by atoms with Gasteiger partial charge in [-0.2, -0.15) is 0 Å². The molecule has 34 heavy (non-hydrogen) atoms. The van der Waals surface area contributed by atoms with Crippen LogP contribution in [0, 0.1) is 5.92 Å². The molecule has 0 bridgehead atoms. The molecule has 0 fully saturated rings. The van der Waals surface area contributed by atoms with Crippen molar-refractivity contribution in [1.82, 2.24) is 0 Å². The van der Waals surface area contributed by atoms with Crippen molar-refractivity contribution in [3.05, 3.63) is 96.6 Å². The summed E-state index contributed by atoms with van der Waals surface area (Å²) in [5, 5.41) is 12.6. The fourth-order valence-electron chi connectivity index (χ4n) is 4.26. The molecule has 1 N–H and O–H groups in total. The van der Waals surface area contributed by atoms with E-state index in [1.807, 2.05) is 85.8 Å². The van der Waals surface area contributed by atoms with Gasteiger partial charge in [-0.15, -0.1) is 0 Å². The molecule has 3 unspecified atom stereocenters. The van der Waals surface area contributed by atoms with E-state index in [4.69, 9.17) is 9.05 Å². The van der Waals surface area contributed by atoms with Crippen LogP contribution in [0.15, 0.2) is 91.0 Å². The van der Waals surface area contributed by atoms with E-state index in [9.17, 15) is 9.90 Å². The van der Waals surface area contributed by atoms with E-state index in [1.54, 1.807) is 12.1 Å². The van der Waals surface area contributed by atoms with Gasteiger partial charge in [-0.1, -0.05) is 0 Å². The van der Waals surface area contributed by atoms with Crippen LogP contribution >= 0.6 is 7.72 Å². The Morgan fingerprint density at radius 2 is 1.26 bits per heavy atom. The zero-order valence-corrected chi connectivity index (χ0v) is 21.4. The monoisotopic (exact) mass is 480 g/mol. The summed E-state index contributed by atoms with van der Waals surface area (Å²) in [5.41, 5.74) is 0.487. The number of aliphatic hydroxyl groups is 1. The standard InChI is InChI=1S/C29H37O4P/c1-4-15-27(30)23(3)28(16-5-2)32-34(25-19-11-7-12-20-25,26-21-13-8-14-22-26)33-29(31)24-17-9-6-10-18-24/h6-14,17-23,27-28,30,34H,4-5,15-16H2,1-3H3. The van der Waals surface area contributed by atoms with Crippen molar-refractivity contribution >= 4 is 24.3 Å². The van der Waals surface area contributed by atoms with Crippen LogP contribution in [-0.4, -0.2) is 23.3 Å². The Hall–Kier alpha value is -2.52. The normalized spacial score (nSPS) is 14.7. The van der Waals surface area contributed by atoms with Gasteiger partial charge in [0, 0.05) is 0 Å². The zero-order chi connectivity index (χ0) is 24.4. The van der Waals surface area contributed by atoms with Crippen LogP contribution in [0.1, 0.15) is 56.8 Å². The second-order valence-electron chi connectivity index (χ2n) is 8.76. The molecule has 3 aromatic rings. The maximum absolute atomic E-state index is 13.4. The molecule has 0 radical (unpaired) electrons. The van der Waals surface area contributed by atoms with Gasteiger partial charge in [-0.25, -0.2) is 0 Å². The summed E-state index contributed by atoms with van der Waals surface area (Å²) in [5.74, 6) is -0.508. The molecule has 3 atom stereocenters. The third kappa shape index (κ3) is 6.33. The van der Waals surface area contributed by atoms with E-state index < -0.39 is 19.8 Å². The number of aliphatic hydroxyl groups excluding tert-OH is 1. The summed E-state index contributed by atoms with van der Waals surface area (Å²) in [7, 11) is -3.49. The summed E-state index contributed by atoms with van der Waals surface area (Å²) in [6.07, 6.45) is 2.52. The number of benzene rings is 3. The van der Waals surface area contributed by atoms with Crippen LogP contribution in [-0.2, 0) is 9.05 Å². The zero-order valence-electron chi connectivity index (χ0n) is 20.4. The molecule has 182 valence electrons. The summed E-state index contributed by atoms with van der Waals surface area (Å²) >= 11 is 0. The quantitative estimate of drug-likeness (QED) is 0.320. The fraction of sp³-hybridized carbons (Fsp3) is 0.345. The maximum atomic E-state index is 13.4. The Kier molecular flexibility index (Phi) is 9.83. The molecule has 0 amide bonds. The van der Waals surface area contributed by atoms with Gasteiger partial charge in [0.15, 0.2) is 0 Å². The second kappa shape index (κ2) is 12.8. The summed E-state index contributed by atoms with van der Waals surface area (Å²) in [6, 6.07) is 28.7. The third-order valence-electron chi connectivity index (χ3n) is 6.22. The van der Waals surface area contributed by atoms with E-state index in [-0.39, 0.29) is 12.0 Å². The molecule has 0 aliphatic rings. The van der Waals surface area contributed by atoms with Crippen molar-refractivity contribution in [3.8, 4) is 0 Å². The Bertz CT molecular complexity index is 955. The molecule has 0 aromatic heterocycles. The number of carbonyl (C=O) groups excluding carboxylic acids is 1. The van der Waals surface area contributed by atoms with Crippen LogP contribution in [0.2, 0.25) is 0 Å². The third-order valence-corrected chi connectivity index (χ3v) is 9.52. The van der Waals surface area contributed by atoms with E-state index in [1.165, 1.54) is 0 Å². The SMILES string of the molecule is CCCC(O)C(C)C(CCC)O[PH](OC(=O)c1ccccc1)(c1ccccc1)c1ccccc1. The molecular weight excluding hydrogens is 443 g/mol. The number of hydrogen-bond acceptors (Lipinski definition) is 4. The van der Waals surface area contributed by atoms with E-state index in [2.05, 4.69) is 13.8 Å². The molecule has 0 aliphatic carbocycles. The van der Waals surface area contributed by atoms with Crippen LogP contribution in [0.5, 0.6) is 0 Å². The van der Waals surface area contributed by atoms with E-state index >= 15 is 0 Å². The Labute approximate surface area is 204 Å². The predicted octanol–water partition coefficient (Wildman–Crippen LogP) is 6.06. The van der Waals surface area contributed by atoms with Crippen molar-refractivity contribution in [1.29, 1.82) is 0 Å². The molecule has 0 spiro atoms. The molecule has 0 saturated heterocycles. The van der Waals surface area contributed by atoms with Gasteiger partial charge in [-0.3, -0.25) is 0 Å². The van der Waals surface area contributed by atoms with Crippen molar-refractivity contribution in [3.63, 3.8) is 0 Å². The fourth-order valence-corrected chi connectivity index (χ4v) is 7.55. The van der Waals surface area contributed by atoms with Crippen molar-refractivity contribution in [2.75, 3.05) is 0 Å². The summed E-state index contributed by atoms with van der Waals surface area (Å²) < 4.78 is 13.5. The first-order valence-corrected chi connectivity index (χ1v) is 14.1. The first kappa shape index (κ1) is 26.1. The van der Waals surface area contributed by atoms with Gasteiger partial charge in [0.25, 0.3) is 0 Å². The van der Waals surface area contributed by atoms with Crippen LogP contribution < -0.4 is 10.6 Å². The average Bonchev–Trinajstić information content (AvgIpc) is 2.89. The molecular formula is C29H37O4P. The molecule has 5 heteroatoms. The second-order valence-corrected chi connectivity index (χ2v) is 11.6. The first-order chi connectivity index (χ1) is 16.5. The van der Waals surface area contributed by atoms with Crippen molar-refractivity contribution in [2.45, 2.75) is 58.7 Å². The first-order valence-electron chi connectivity index (χ1n) is 12.3. The van der Waals surface area contributed by atoms with Crippen LogP contribution in [0.3, 0.4) is 0 Å². The van der Waals surface area contributed by atoms with Crippen molar-refractivity contribution in [2.24, 2.45) is 5.92 Å². The molecule has 4 nitrogen and oxygen atoms in total. The van der Waals surface area contributed by atoms with Gasteiger partial charge < -0.3 is 0 Å². The van der Waals surface area contributed by atoms with Gasteiger partial charge >= 0.3 is 204 Å². The number of hydrogen-bond donors (Lipinski definition) is 1. The molecule has 0 saturated carbocycles. The average molecular weight is 481 g/mol.